The summed E-state index contributed by atoms with van der Waals surface area (Å²) in [4.78, 5) is 33.0. The lowest BCUT2D eigenvalue weighted by Crippen LogP contribution is -2.50. The molecule has 1 aliphatic rings. The number of urea groups is 1. The average Bonchev–Trinajstić information content (AvgIpc) is 3.21. The van der Waals surface area contributed by atoms with Crippen LogP contribution in [0.1, 0.15) is 24.2 Å². The van der Waals surface area contributed by atoms with Crippen LogP contribution >= 0.6 is 22.9 Å². The molecule has 0 atom stereocenters. The lowest BCUT2D eigenvalue weighted by molar-refractivity contribution is 0.0949. The van der Waals surface area contributed by atoms with Crippen molar-refractivity contribution in [1.82, 2.24) is 15.2 Å². The van der Waals surface area contributed by atoms with E-state index < -0.39 is 0 Å². The maximum absolute atomic E-state index is 12.5. The first kappa shape index (κ1) is 20.4. The molecule has 1 aromatic heterocycles. The first-order chi connectivity index (χ1) is 13.4. The second-order valence-corrected chi connectivity index (χ2v) is 8.30. The number of nitrogens with one attached hydrogen (secondary N) is 2. The second-order valence-electron chi connectivity index (χ2n) is 7.02. The molecule has 0 radical (unpaired) electrons. The minimum atomic E-state index is -0.213. The van der Waals surface area contributed by atoms with Crippen molar-refractivity contribution in [1.29, 1.82) is 0 Å². The van der Waals surface area contributed by atoms with Crippen molar-refractivity contribution in [2.24, 2.45) is 5.92 Å². The topological polar surface area (TPSA) is 77.6 Å². The molecule has 0 aliphatic carbocycles. The molecule has 9 heteroatoms. The number of halogens is 1. The zero-order valence-electron chi connectivity index (χ0n) is 15.9. The highest BCUT2D eigenvalue weighted by Gasteiger charge is 2.22. The third-order valence-corrected chi connectivity index (χ3v) is 5.54. The fourth-order valence-corrected chi connectivity index (χ4v) is 3.81. The lowest BCUT2D eigenvalue weighted by Gasteiger charge is -2.34. The molecule has 1 saturated heterocycles. The Morgan fingerprint density at radius 1 is 1.25 bits per heavy atom. The van der Waals surface area contributed by atoms with E-state index in [0.717, 1.165) is 18.2 Å². The van der Waals surface area contributed by atoms with Crippen LogP contribution in [0.3, 0.4) is 0 Å². The van der Waals surface area contributed by atoms with E-state index in [1.165, 1.54) is 0 Å². The van der Waals surface area contributed by atoms with Gasteiger partial charge in [-0.2, -0.15) is 0 Å². The van der Waals surface area contributed by atoms with Crippen LogP contribution in [-0.2, 0) is 0 Å². The molecule has 1 fully saturated rings. The minimum absolute atomic E-state index is 0.174. The third kappa shape index (κ3) is 5.14. The zero-order chi connectivity index (χ0) is 20.1. The van der Waals surface area contributed by atoms with Gasteiger partial charge in [-0.05, 0) is 24.1 Å². The Kier molecular flexibility index (Phi) is 6.74. The van der Waals surface area contributed by atoms with Gasteiger partial charge in [0.1, 0.15) is 0 Å². The molecular formula is C19H24ClN5O2S. The molecule has 0 unspecified atom stereocenters. The number of piperazine rings is 1. The maximum Gasteiger partial charge on any atom is 0.321 e. The molecule has 0 spiro atoms. The van der Waals surface area contributed by atoms with Gasteiger partial charge < -0.3 is 20.4 Å². The first-order valence-electron chi connectivity index (χ1n) is 9.22. The number of anilines is 2. The molecule has 150 valence electrons. The number of thiazole rings is 1. The fraction of sp³-hybridized carbons (Fsp3) is 0.421. The summed E-state index contributed by atoms with van der Waals surface area (Å²) in [5.74, 6) is 0.146. The average molecular weight is 422 g/mol. The van der Waals surface area contributed by atoms with E-state index in [0.29, 0.717) is 41.8 Å². The van der Waals surface area contributed by atoms with Crippen molar-refractivity contribution in [3.8, 4) is 0 Å². The van der Waals surface area contributed by atoms with Crippen molar-refractivity contribution in [2.45, 2.75) is 13.8 Å². The van der Waals surface area contributed by atoms with Gasteiger partial charge in [-0.1, -0.05) is 25.4 Å². The highest BCUT2D eigenvalue weighted by atomic mass is 35.5. The van der Waals surface area contributed by atoms with Gasteiger partial charge in [-0.25, -0.2) is 9.78 Å². The Bertz CT molecular complexity index is 820. The molecule has 0 bridgehead atoms. The lowest BCUT2D eigenvalue weighted by atomic mass is 10.1. The summed E-state index contributed by atoms with van der Waals surface area (Å²) >= 11 is 7.85. The summed E-state index contributed by atoms with van der Waals surface area (Å²) in [6, 6.07) is 4.76. The van der Waals surface area contributed by atoms with Crippen molar-refractivity contribution < 1.29 is 9.59 Å². The molecule has 1 aromatic carbocycles. The summed E-state index contributed by atoms with van der Waals surface area (Å²) in [6.07, 6.45) is 1.79. The predicted molar refractivity (Wildman–Crippen MR) is 114 cm³/mol. The van der Waals surface area contributed by atoms with Gasteiger partial charge in [-0.3, -0.25) is 4.79 Å². The van der Waals surface area contributed by atoms with E-state index >= 15 is 0 Å². The SMILES string of the molecule is CC(C)CNC(=O)c1ccc(NC(=O)N2CCN(c3nccs3)CC2)cc1Cl. The molecule has 7 nitrogen and oxygen atoms in total. The molecule has 3 rings (SSSR count). The van der Waals surface area contributed by atoms with Crippen LogP contribution in [0, 0.1) is 5.92 Å². The van der Waals surface area contributed by atoms with Crippen molar-refractivity contribution in [3.63, 3.8) is 0 Å². The standard InChI is InChI=1S/C19H24ClN5O2S/c1-13(2)12-22-17(26)15-4-3-14(11-16(15)20)23-18(27)24-6-8-25(9-7-24)19-21-5-10-28-19/h3-5,10-11,13H,6-9,12H2,1-2H3,(H,22,26)(H,23,27). The van der Waals surface area contributed by atoms with E-state index in [1.54, 1.807) is 40.6 Å². The Morgan fingerprint density at radius 3 is 2.61 bits per heavy atom. The van der Waals surface area contributed by atoms with E-state index in [9.17, 15) is 9.59 Å². The van der Waals surface area contributed by atoms with Crippen LogP contribution in [0.2, 0.25) is 5.02 Å². The van der Waals surface area contributed by atoms with Crippen LogP contribution < -0.4 is 15.5 Å². The highest BCUT2D eigenvalue weighted by molar-refractivity contribution is 7.13. The molecular weight excluding hydrogens is 398 g/mol. The summed E-state index contributed by atoms with van der Waals surface area (Å²) < 4.78 is 0. The van der Waals surface area contributed by atoms with Gasteiger partial charge in [0.2, 0.25) is 0 Å². The Balaban J connectivity index is 1.54. The number of hydrogen-bond acceptors (Lipinski definition) is 5. The Morgan fingerprint density at radius 2 is 2.00 bits per heavy atom. The van der Waals surface area contributed by atoms with Crippen LogP contribution in [0.25, 0.3) is 0 Å². The third-order valence-electron chi connectivity index (χ3n) is 4.39. The van der Waals surface area contributed by atoms with Gasteiger partial charge in [0, 0.05) is 50.0 Å². The van der Waals surface area contributed by atoms with Crippen LogP contribution in [0.5, 0.6) is 0 Å². The van der Waals surface area contributed by atoms with Crippen molar-refractivity contribution in [3.05, 3.63) is 40.4 Å². The number of aromatic nitrogens is 1. The van der Waals surface area contributed by atoms with Crippen LogP contribution in [-0.4, -0.2) is 54.5 Å². The molecule has 28 heavy (non-hydrogen) atoms. The Hall–Kier alpha value is -2.32. The molecule has 0 saturated carbocycles. The number of rotatable bonds is 5. The highest BCUT2D eigenvalue weighted by Crippen LogP contribution is 2.22. The molecule has 1 aliphatic heterocycles. The van der Waals surface area contributed by atoms with E-state index in [-0.39, 0.29) is 11.9 Å². The van der Waals surface area contributed by atoms with Gasteiger partial charge in [0.05, 0.1) is 10.6 Å². The summed E-state index contributed by atoms with van der Waals surface area (Å²) in [7, 11) is 0. The zero-order valence-corrected chi connectivity index (χ0v) is 17.5. The summed E-state index contributed by atoms with van der Waals surface area (Å²) in [5.41, 5.74) is 0.968. The van der Waals surface area contributed by atoms with Gasteiger partial charge in [0.25, 0.3) is 5.91 Å². The number of carbonyl (C=O) groups is 2. The largest absolute Gasteiger partial charge is 0.352 e. The van der Waals surface area contributed by atoms with E-state index in [2.05, 4.69) is 20.5 Å². The second kappa shape index (κ2) is 9.25. The van der Waals surface area contributed by atoms with Crippen molar-refractivity contribution >= 4 is 45.7 Å². The number of amides is 3. The number of carbonyl (C=O) groups excluding carboxylic acids is 2. The first-order valence-corrected chi connectivity index (χ1v) is 10.5. The smallest absolute Gasteiger partial charge is 0.321 e. The number of hydrogen-bond donors (Lipinski definition) is 2. The number of benzene rings is 1. The van der Waals surface area contributed by atoms with Crippen molar-refractivity contribution in [2.75, 3.05) is 42.9 Å². The summed E-state index contributed by atoms with van der Waals surface area (Å²) in [6.45, 7) is 7.37. The predicted octanol–water partition coefficient (Wildman–Crippen LogP) is 3.54. The normalized spacial score (nSPS) is 14.3. The van der Waals surface area contributed by atoms with Gasteiger partial charge in [-0.15, -0.1) is 11.3 Å². The van der Waals surface area contributed by atoms with Crippen LogP contribution in [0.4, 0.5) is 15.6 Å². The quantitative estimate of drug-likeness (QED) is 0.774. The van der Waals surface area contributed by atoms with Gasteiger partial charge in [0.15, 0.2) is 5.13 Å². The van der Waals surface area contributed by atoms with E-state index in [1.807, 2.05) is 19.2 Å². The fourth-order valence-electron chi connectivity index (χ4n) is 2.84. The maximum atomic E-state index is 12.5. The minimum Gasteiger partial charge on any atom is -0.352 e. The monoisotopic (exact) mass is 421 g/mol. The molecule has 2 heterocycles. The molecule has 2 N–H and O–H groups in total. The van der Waals surface area contributed by atoms with Gasteiger partial charge >= 0.3 is 6.03 Å². The number of nitrogens with zero attached hydrogens (tertiary/aromatic N) is 3. The van der Waals surface area contributed by atoms with Crippen LogP contribution in [0.15, 0.2) is 29.8 Å². The molecule has 3 amide bonds. The van der Waals surface area contributed by atoms with E-state index in [4.69, 9.17) is 11.6 Å². The summed E-state index contributed by atoms with van der Waals surface area (Å²) in [5, 5.41) is 8.94. The molecule has 2 aromatic rings. The Labute approximate surface area is 173 Å².